The number of pyridine rings is 1. The maximum atomic E-state index is 12.9. The lowest BCUT2D eigenvalue weighted by Gasteiger charge is -2.21. The Morgan fingerprint density at radius 3 is 2.21 bits per heavy atom. The predicted octanol–water partition coefficient (Wildman–Crippen LogP) is 8.56. The van der Waals surface area contributed by atoms with Gasteiger partial charge in [-0.1, -0.05) is 81.1 Å². The van der Waals surface area contributed by atoms with Crippen LogP contribution in [-0.2, 0) is 13.0 Å². The summed E-state index contributed by atoms with van der Waals surface area (Å²) in [6.45, 7) is 14.7. The molecule has 180 valence electrons. The fraction of sp³-hybridized carbons (Fsp3) is 0.296. The van der Waals surface area contributed by atoms with Crippen LogP contribution in [0, 0.1) is 12.9 Å². The molecule has 0 bridgehead atoms. The van der Waals surface area contributed by atoms with Crippen molar-refractivity contribution in [2.45, 2.75) is 33.7 Å². The van der Waals surface area contributed by atoms with E-state index in [0.29, 0.717) is 12.7 Å². The molecular formula is C27H35ClF2N2S. The zero-order valence-corrected chi connectivity index (χ0v) is 21.8. The lowest BCUT2D eigenvalue weighted by atomic mass is 10.1. The largest absolute Gasteiger partial charge is 0.301 e. The third-order valence-corrected chi connectivity index (χ3v) is 5.62. The molecule has 0 saturated heterocycles. The molecule has 4 rings (SSSR count). The van der Waals surface area contributed by atoms with Crippen molar-refractivity contribution >= 4 is 22.9 Å². The normalized spacial score (nSPS) is 11.4. The van der Waals surface area contributed by atoms with Crippen molar-refractivity contribution in [1.29, 1.82) is 0 Å². The summed E-state index contributed by atoms with van der Waals surface area (Å²) in [5.74, 6) is -0.398. The molecule has 0 amide bonds. The molecule has 1 aliphatic rings. The highest BCUT2D eigenvalue weighted by Gasteiger charge is 2.15. The van der Waals surface area contributed by atoms with E-state index in [4.69, 9.17) is 11.6 Å². The molecule has 0 fully saturated rings. The second-order valence-corrected chi connectivity index (χ2v) is 8.42. The van der Waals surface area contributed by atoms with Crippen molar-refractivity contribution in [3.05, 3.63) is 100 Å². The number of allylic oxidation sites excluding steroid dienone is 2. The SMILES string of the molecule is C=CC=C.CC.CF.CN1CCc2cc(Cl)sc2C1.Cc1cc(-c2ccccc2)cnc1F. The number of halogens is 3. The Hall–Kier alpha value is -2.34. The topological polar surface area (TPSA) is 16.1 Å². The molecule has 1 aromatic carbocycles. The summed E-state index contributed by atoms with van der Waals surface area (Å²) in [5, 5.41) is 0. The first-order valence-electron chi connectivity index (χ1n) is 10.7. The molecular weight excluding hydrogens is 458 g/mol. The number of aromatic nitrogens is 1. The molecule has 0 atom stereocenters. The van der Waals surface area contributed by atoms with Gasteiger partial charge in [0.2, 0.25) is 5.95 Å². The van der Waals surface area contributed by atoms with Crippen molar-refractivity contribution in [3.8, 4) is 11.1 Å². The van der Waals surface area contributed by atoms with E-state index < -0.39 is 5.95 Å². The number of thiophene rings is 1. The summed E-state index contributed by atoms with van der Waals surface area (Å²) in [6, 6.07) is 13.7. The lowest BCUT2D eigenvalue weighted by Crippen LogP contribution is -2.24. The fourth-order valence-corrected chi connectivity index (χ4v) is 4.18. The van der Waals surface area contributed by atoms with Gasteiger partial charge in [0.1, 0.15) is 0 Å². The van der Waals surface area contributed by atoms with E-state index in [1.54, 1.807) is 42.7 Å². The van der Waals surface area contributed by atoms with Gasteiger partial charge in [-0.3, -0.25) is 4.39 Å². The molecule has 0 aliphatic carbocycles. The average molecular weight is 493 g/mol. The highest BCUT2D eigenvalue weighted by atomic mass is 35.5. The maximum absolute atomic E-state index is 12.9. The van der Waals surface area contributed by atoms with Crippen LogP contribution < -0.4 is 0 Å². The second kappa shape index (κ2) is 18.1. The van der Waals surface area contributed by atoms with Crippen LogP contribution >= 0.6 is 22.9 Å². The van der Waals surface area contributed by atoms with Crippen LogP contribution in [0.4, 0.5) is 8.78 Å². The van der Waals surface area contributed by atoms with Gasteiger partial charge in [-0.05, 0) is 43.7 Å². The first-order chi connectivity index (χ1) is 15.9. The number of benzene rings is 1. The van der Waals surface area contributed by atoms with E-state index in [2.05, 4.69) is 36.2 Å². The van der Waals surface area contributed by atoms with Gasteiger partial charge in [-0.15, -0.1) is 11.3 Å². The van der Waals surface area contributed by atoms with Gasteiger partial charge in [0.05, 0.1) is 11.5 Å². The van der Waals surface area contributed by atoms with E-state index in [-0.39, 0.29) is 0 Å². The Morgan fingerprint density at radius 2 is 1.67 bits per heavy atom. The number of hydrogen-bond acceptors (Lipinski definition) is 3. The Morgan fingerprint density at radius 1 is 1.06 bits per heavy atom. The van der Waals surface area contributed by atoms with Crippen LogP contribution in [0.15, 0.2) is 74.0 Å². The molecule has 3 heterocycles. The number of hydrogen-bond donors (Lipinski definition) is 0. The summed E-state index contributed by atoms with van der Waals surface area (Å²) < 4.78 is 23.3. The van der Waals surface area contributed by atoms with E-state index in [9.17, 15) is 8.78 Å². The van der Waals surface area contributed by atoms with Crippen LogP contribution in [0.3, 0.4) is 0 Å². The van der Waals surface area contributed by atoms with Crippen molar-refractivity contribution in [3.63, 3.8) is 0 Å². The van der Waals surface area contributed by atoms with Gasteiger partial charge >= 0.3 is 0 Å². The molecule has 0 radical (unpaired) electrons. The number of aryl methyl sites for hydroxylation is 1. The summed E-state index contributed by atoms with van der Waals surface area (Å²) >= 11 is 7.62. The molecule has 33 heavy (non-hydrogen) atoms. The molecule has 0 unspecified atom stereocenters. The van der Waals surface area contributed by atoms with Gasteiger partial charge in [0.25, 0.3) is 0 Å². The number of rotatable bonds is 2. The Labute approximate surface area is 207 Å². The summed E-state index contributed by atoms with van der Waals surface area (Å²) in [6.07, 6.45) is 5.99. The van der Waals surface area contributed by atoms with Crippen molar-refractivity contribution in [1.82, 2.24) is 9.88 Å². The molecule has 0 spiro atoms. The second-order valence-electron chi connectivity index (χ2n) is 6.66. The third kappa shape index (κ3) is 11.4. The van der Waals surface area contributed by atoms with Crippen LogP contribution in [0.5, 0.6) is 0 Å². The van der Waals surface area contributed by atoms with Gasteiger partial charge in [0.15, 0.2) is 0 Å². The van der Waals surface area contributed by atoms with E-state index >= 15 is 0 Å². The fourth-order valence-electron chi connectivity index (χ4n) is 2.76. The minimum Gasteiger partial charge on any atom is -0.301 e. The van der Waals surface area contributed by atoms with Crippen molar-refractivity contribution in [2.24, 2.45) is 0 Å². The Bertz CT molecular complexity index is 937. The van der Waals surface area contributed by atoms with E-state index in [1.165, 1.54) is 17.0 Å². The molecule has 3 aromatic rings. The van der Waals surface area contributed by atoms with Crippen LogP contribution in [0.1, 0.15) is 29.9 Å². The summed E-state index contributed by atoms with van der Waals surface area (Å²) in [4.78, 5) is 7.46. The van der Waals surface area contributed by atoms with Gasteiger partial charge in [-0.25, -0.2) is 4.98 Å². The van der Waals surface area contributed by atoms with Gasteiger partial charge in [-0.2, -0.15) is 4.39 Å². The zero-order valence-electron chi connectivity index (χ0n) is 20.2. The molecule has 0 N–H and O–H groups in total. The molecule has 1 aliphatic heterocycles. The van der Waals surface area contributed by atoms with Crippen LogP contribution in [0.25, 0.3) is 11.1 Å². The van der Waals surface area contributed by atoms with Gasteiger partial charge in [0, 0.05) is 35.3 Å². The number of likely N-dealkylation sites (N-methyl/N-ethyl adjacent to an activating group) is 1. The van der Waals surface area contributed by atoms with Gasteiger partial charge < -0.3 is 4.90 Å². The van der Waals surface area contributed by atoms with Crippen LogP contribution in [0.2, 0.25) is 4.34 Å². The van der Waals surface area contributed by atoms with Crippen molar-refractivity contribution < 1.29 is 8.78 Å². The molecule has 0 saturated carbocycles. The first kappa shape index (κ1) is 30.7. The Balaban J connectivity index is 0.000000481. The van der Waals surface area contributed by atoms with E-state index in [1.807, 2.05) is 44.2 Å². The van der Waals surface area contributed by atoms with Crippen LogP contribution in [-0.4, -0.2) is 30.7 Å². The Kier molecular flexibility index (Phi) is 16.8. The zero-order chi connectivity index (χ0) is 25.2. The summed E-state index contributed by atoms with van der Waals surface area (Å²) in [5.41, 5.74) is 4.04. The van der Waals surface area contributed by atoms with E-state index in [0.717, 1.165) is 28.4 Å². The quantitative estimate of drug-likeness (QED) is 0.263. The molecule has 2 nitrogen and oxygen atoms in total. The minimum atomic E-state index is -0.398. The predicted molar refractivity (Wildman–Crippen MR) is 143 cm³/mol. The maximum Gasteiger partial charge on any atom is 0.215 e. The molecule has 2 aromatic heterocycles. The highest BCUT2D eigenvalue weighted by Crippen LogP contribution is 2.30. The third-order valence-electron chi connectivity index (χ3n) is 4.33. The number of alkyl halides is 1. The van der Waals surface area contributed by atoms with Crippen molar-refractivity contribution in [2.75, 3.05) is 20.8 Å². The summed E-state index contributed by atoms with van der Waals surface area (Å²) in [7, 11) is 2.65. The smallest absolute Gasteiger partial charge is 0.215 e. The average Bonchev–Trinajstić information content (AvgIpc) is 3.23. The highest BCUT2D eigenvalue weighted by molar-refractivity contribution is 7.16. The minimum absolute atomic E-state index is 0.398. The number of fused-ring (bicyclic) bond motifs is 1. The molecule has 6 heteroatoms. The standard InChI is InChI=1S/C12H10FN.C8H10ClNS.C4H6.C2H6.CH3F/c1-9-7-11(8-14-12(9)13)10-5-3-2-4-6-10;1-10-3-2-6-4-8(9)11-7(6)5-10;1-3-4-2;2*1-2/h2-8H,1H3;4H,2-3,5H2,1H3;3-4H,1-2H2;1-2H3;1H3. The monoisotopic (exact) mass is 492 g/mol. The number of nitrogens with zero attached hydrogens (tertiary/aromatic N) is 2. The first-order valence-corrected chi connectivity index (χ1v) is 11.9. The lowest BCUT2D eigenvalue weighted by molar-refractivity contribution is 0.317.